The van der Waals surface area contributed by atoms with Crippen LogP contribution < -0.4 is 5.73 Å². The molecule has 18 heavy (non-hydrogen) atoms. The van der Waals surface area contributed by atoms with Gasteiger partial charge in [0.25, 0.3) is 0 Å². The van der Waals surface area contributed by atoms with Gasteiger partial charge in [0.05, 0.1) is 0 Å². The van der Waals surface area contributed by atoms with E-state index in [1.54, 1.807) is 6.07 Å². The van der Waals surface area contributed by atoms with E-state index in [9.17, 15) is 4.39 Å². The maximum atomic E-state index is 14.2. The van der Waals surface area contributed by atoms with Gasteiger partial charge < -0.3 is 5.73 Å². The molecule has 0 saturated carbocycles. The molecule has 2 N–H and O–H groups in total. The van der Waals surface area contributed by atoms with E-state index >= 15 is 0 Å². The summed E-state index contributed by atoms with van der Waals surface area (Å²) in [5, 5.41) is 0. The Morgan fingerprint density at radius 3 is 3.00 bits per heavy atom. The molecule has 1 aliphatic heterocycles. The molecule has 1 fully saturated rings. The van der Waals surface area contributed by atoms with Crippen LogP contribution >= 0.6 is 12.2 Å². The van der Waals surface area contributed by atoms with Gasteiger partial charge in [-0.05, 0) is 31.4 Å². The molecule has 2 nitrogen and oxygen atoms in total. The van der Waals surface area contributed by atoms with Crippen LogP contribution in [0, 0.1) is 11.7 Å². The van der Waals surface area contributed by atoms with E-state index in [0.29, 0.717) is 23.6 Å². The van der Waals surface area contributed by atoms with Crippen molar-refractivity contribution in [3.05, 3.63) is 35.1 Å². The number of hydrogen-bond acceptors (Lipinski definition) is 2. The van der Waals surface area contributed by atoms with Gasteiger partial charge in [0.1, 0.15) is 10.8 Å². The number of halogens is 1. The van der Waals surface area contributed by atoms with Gasteiger partial charge in [0, 0.05) is 24.2 Å². The largest absolute Gasteiger partial charge is 0.389 e. The quantitative estimate of drug-likeness (QED) is 0.853. The highest BCUT2D eigenvalue weighted by Crippen LogP contribution is 2.20. The molecule has 0 radical (unpaired) electrons. The fourth-order valence-corrected chi connectivity index (χ4v) is 2.72. The number of hydrogen-bond donors (Lipinski definition) is 1. The molecule has 1 aromatic carbocycles. The molecule has 2 rings (SSSR count). The molecule has 98 valence electrons. The summed E-state index contributed by atoms with van der Waals surface area (Å²) in [5.41, 5.74) is 6.56. The zero-order valence-electron chi connectivity index (χ0n) is 10.7. The first kappa shape index (κ1) is 13.4. The molecular weight excluding hydrogens is 247 g/mol. The summed E-state index contributed by atoms with van der Waals surface area (Å²) >= 11 is 4.86. The normalized spacial score (nSPS) is 20.9. The van der Waals surface area contributed by atoms with Crippen LogP contribution in [-0.2, 0) is 6.54 Å². The van der Waals surface area contributed by atoms with Crippen molar-refractivity contribution < 1.29 is 4.39 Å². The van der Waals surface area contributed by atoms with Gasteiger partial charge in [-0.1, -0.05) is 31.3 Å². The van der Waals surface area contributed by atoms with E-state index < -0.39 is 0 Å². The van der Waals surface area contributed by atoms with Crippen molar-refractivity contribution in [2.75, 3.05) is 13.1 Å². The van der Waals surface area contributed by atoms with Crippen molar-refractivity contribution in [3.8, 4) is 0 Å². The molecule has 1 unspecified atom stereocenters. The SMILES string of the molecule is CC1CCCN(Cc2cccc(C(N)=S)c2F)C1. The highest BCUT2D eigenvalue weighted by Gasteiger charge is 2.18. The fraction of sp³-hybridized carbons (Fsp3) is 0.500. The van der Waals surface area contributed by atoms with Gasteiger partial charge in [0.15, 0.2) is 0 Å². The zero-order valence-corrected chi connectivity index (χ0v) is 11.5. The van der Waals surface area contributed by atoms with Crippen molar-refractivity contribution in [2.45, 2.75) is 26.3 Å². The number of thiocarbonyl (C=S) groups is 1. The van der Waals surface area contributed by atoms with E-state index in [1.807, 2.05) is 12.1 Å². The third-order valence-corrected chi connectivity index (χ3v) is 3.70. The molecule has 1 atom stereocenters. The predicted octanol–water partition coefficient (Wildman–Crippen LogP) is 2.69. The van der Waals surface area contributed by atoms with Crippen LogP contribution in [0.4, 0.5) is 4.39 Å². The Labute approximate surface area is 113 Å². The Bertz CT molecular complexity index is 447. The lowest BCUT2D eigenvalue weighted by atomic mass is 9.99. The highest BCUT2D eigenvalue weighted by molar-refractivity contribution is 7.80. The van der Waals surface area contributed by atoms with Crippen molar-refractivity contribution in [3.63, 3.8) is 0 Å². The van der Waals surface area contributed by atoms with Gasteiger partial charge in [-0.3, -0.25) is 4.90 Å². The van der Waals surface area contributed by atoms with Gasteiger partial charge in [0.2, 0.25) is 0 Å². The van der Waals surface area contributed by atoms with E-state index in [1.165, 1.54) is 12.8 Å². The number of piperidine rings is 1. The molecule has 0 aromatic heterocycles. The summed E-state index contributed by atoms with van der Waals surface area (Å²) in [5.74, 6) is 0.434. The molecule has 1 aromatic rings. The van der Waals surface area contributed by atoms with Gasteiger partial charge in [-0.15, -0.1) is 0 Å². The smallest absolute Gasteiger partial charge is 0.137 e. The summed E-state index contributed by atoms with van der Waals surface area (Å²) in [6.07, 6.45) is 2.46. The minimum absolute atomic E-state index is 0.126. The Morgan fingerprint density at radius 2 is 2.33 bits per heavy atom. The first-order valence-corrected chi connectivity index (χ1v) is 6.78. The molecular formula is C14H19FN2S. The molecule has 1 aliphatic rings. The van der Waals surface area contributed by atoms with Gasteiger partial charge >= 0.3 is 0 Å². The Morgan fingerprint density at radius 1 is 1.56 bits per heavy atom. The van der Waals surface area contributed by atoms with Crippen molar-refractivity contribution >= 4 is 17.2 Å². The lowest BCUT2D eigenvalue weighted by Crippen LogP contribution is -2.34. The predicted molar refractivity (Wildman–Crippen MR) is 76.0 cm³/mol. The van der Waals surface area contributed by atoms with E-state index in [0.717, 1.165) is 13.1 Å². The topological polar surface area (TPSA) is 29.3 Å². The van der Waals surface area contributed by atoms with Crippen LogP contribution in [0.5, 0.6) is 0 Å². The molecule has 0 aliphatic carbocycles. The second-order valence-electron chi connectivity index (χ2n) is 5.13. The van der Waals surface area contributed by atoms with Crippen LogP contribution in [0.25, 0.3) is 0 Å². The first-order chi connectivity index (χ1) is 8.58. The second kappa shape index (κ2) is 5.76. The standard InChI is InChI=1S/C14H19FN2S/c1-10-4-3-7-17(8-10)9-11-5-2-6-12(13(11)15)14(16)18/h2,5-6,10H,3-4,7-9H2,1H3,(H2,16,18). The molecule has 1 saturated heterocycles. The zero-order chi connectivity index (χ0) is 13.1. The minimum Gasteiger partial charge on any atom is -0.389 e. The van der Waals surface area contributed by atoms with Crippen LogP contribution in [0.3, 0.4) is 0 Å². The Kier molecular flexibility index (Phi) is 4.30. The van der Waals surface area contributed by atoms with Gasteiger partial charge in [-0.2, -0.15) is 0 Å². The van der Waals surface area contributed by atoms with Crippen LogP contribution in [0.15, 0.2) is 18.2 Å². The third-order valence-electron chi connectivity index (χ3n) is 3.48. The molecule has 0 amide bonds. The first-order valence-electron chi connectivity index (χ1n) is 6.37. The maximum absolute atomic E-state index is 14.2. The number of likely N-dealkylation sites (tertiary alicyclic amines) is 1. The van der Waals surface area contributed by atoms with E-state index in [2.05, 4.69) is 11.8 Å². The lowest BCUT2D eigenvalue weighted by molar-refractivity contribution is 0.175. The average molecular weight is 266 g/mol. The van der Waals surface area contributed by atoms with Crippen molar-refractivity contribution in [1.29, 1.82) is 0 Å². The number of rotatable bonds is 3. The molecule has 0 bridgehead atoms. The number of nitrogens with zero attached hydrogens (tertiary/aromatic N) is 1. The monoisotopic (exact) mass is 266 g/mol. The highest BCUT2D eigenvalue weighted by atomic mass is 32.1. The summed E-state index contributed by atoms with van der Waals surface area (Å²) in [6, 6.07) is 5.27. The Hall–Kier alpha value is -1.00. The average Bonchev–Trinajstić information content (AvgIpc) is 2.31. The summed E-state index contributed by atoms with van der Waals surface area (Å²) < 4.78 is 14.2. The van der Waals surface area contributed by atoms with Crippen molar-refractivity contribution in [1.82, 2.24) is 4.90 Å². The molecule has 1 heterocycles. The second-order valence-corrected chi connectivity index (χ2v) is 5.57. The summed E-state index contributed by atoms with van der Waals surface area (Å²) in [7, 11) is 0. The third kappa shape index (κ3) is 3.06. The van der Waals surface area contributed by atoms with Crippen LogP contribution in [0.2, 0.25) is 0 Å². The van der Waals surface area contributed by atoms with Crippen molar-refractivity contribution in [2.24, 2.45) is 11.7 Å². The van der Waals surface area contributed by atoms with Crippen LogP contribution in [0.1, 0.15) is 30.9 Å². The number of benzene rings is 1. The van der Waals surface area contributed by atoms with E-state index in [4.69, 9.17) is 18.0 Å². The van der Waals surface area contributed by atoms with Gasteiger partial charge in [-0.25, -0.2) is 4.39 Å². The summed E-state index contributed by atoms with van der Waals surface area (Å²) in [6.45, 7) is 4.97. The minimum atomic E-state index is -0.261. The number of nitrogens with two attached hydrogens (primary N) is 1. The molecule has 0 spiro atoms. The summed E-state index contributed by atoms with van der Waals surface area (Å²) in [4.78, 5) is 2.43. The molecule has 4 heteroatoms. The lowest BCUT2D eigenvalue weighted by Gasteiger charge is -2.31. The van der Waals surface area contributed by atoms with Crippen LogP contribution in [-0.4, -0.2) is 23.0 Å². The van der Waals surface area contributed by atoms with E-state index in [-0.39, 0.29) is 10.8 Å². The fourth-order valence-electron chi connectivity index (χ4n) is 2.56. The maximum Gasteiger partial charge on any atom is 0.137 e. The Balaban J connectivity index is 2.14.